The van der Waals surface area contributed by atoms with Gasteiger partial charge in [0.2, 0.25) is 0 Å². The minimum Gasteiger partial charge on any atom is -0.503 e. The molecular weight excluding hydrogens is 377 g/mol. The molecule has 0 bridgehead atoms. The molecule has 3 rings (SSSR count). The highest BCUT2D eigenvalue weighted by Crippen LogP contribution is 2.34. The van der Waals surface area contributed by atoms with Gasteiger partial charge in [0.15, 0.2) is 0 Å². The fraction of sp³-hybridized carbons (Fsp3) is 0.0909. The number of carbonyl (C=O) groups is 1. The number of hydrogen-bond donors (Lipinski definition) is 0. The van der Waals surface area contributed by atoms with Crippen molar-refractivity contribution in [2.24, 2.45) is 0 Å². The summed E-state index contributed by atoms with van der Waals surface area (Å²) in [6, 6.07) is 16.7. The van der Waals surface area contributed by atoms with Gasteiger partial charge in [-0.05, 0) is 5.56 Å². The fourth-order valence-electron chi connectivity index (χ4n) is 2.76. The van der Waals surface area contributed by atoms with Crippen molar-refractivity contribution in [2.75, 3.05) is 14.2 Å². The number of carbonyl (C=O) groups excluding carboxylic acids is 1. The number of aromatic nitrogens is 1. The Bertz CT molecular complexity index is 1030. The van der Waals surface area contributed by atoms with Crippen LogP contribution in [-0.2, 0) is 14.3 Å². The molecule has 4 nitrogen and oxygen atoms in total. The Morgan fingerprint density at radius 1 is 1.04 bits per heavy atom. The minimum atomic E-state index is -0.573. The molecule has 0 amide bonds. The van der Waals surface area contributed by atoms with Gasteiger partial charge in [-0.1, -0.05) is 54.6 Å². The summed E-state index contributed by atoms with van der Waals surface area (Å²) in [5.41, 5.74) is 3.21. The lowest BCUT2D eigenvalue weighted by Crippen LogP contribution is -2.07. The minimum absolute atomic E-state index is 0.194. The Morgan fingerprint density at radius 2 is 1.71 bits per heavy atom. The van der Waals surface area contributed by atoms with Crippen molar-refractivity contribution >= 4 is 28.5 Å². The Hall–Kier alpha value is -3.25. The maximum Gasteiger partial charge on any atom is 0.341 e. The average Bonchev–Trinajstić information content (AvgIpc) is 3.23. The molecule has 142 valence electrons. The Balaban J connectivity index is 2.07. The van der Waals surface area contributed by atoms with Gasteiger partial charge < -0.3 is 9.47 Å². The number of hydrogen-bond acceptors (Lipinski definition) is 5. The number of esters is 1. The van der Waals surface area contributed by atoms with Gasteiger partial charge in [0.05, 0.1) is 32.5 Å². The van der Waals surface area contributed by atoms with E-state index in [-0.39, 0.29) is 11.1 Å². The first kappa shape index (κ1) is 19.5. The summed E-state index contributed by atoms with van der Waals surface area (Å²) in [7, 11) is 2.72. The van der Waals surface area contributed by atoms with E-state index >= 15 is 0 Å². The van der Waals surface area contributed by atoms with Crippen molar-refractivity contribution in [3.63, 3.8) is 0 Å². The summed E-state index contributed by atoms with van der Waals surface area (Å²) in [6.07, 6.45) is 1.80. The highest BCUT2D eigenvalue weighted by Gasteiger charge is 2.21. The zero-order valence-corrected chi connectivity index (χ0v) is 16.2. The molecule has 0 unspecified atom stereocenters. The van der Waals surface area contributed by atoms with Crippen molar-refractivity contribution in [3.05, 3.63) is 88.7 Å². The van der Waals surface area contributed by atoms with Crippen LogP contribution in [0.2, 0.25) is 0 Å². The lowest BCUT2D eigenvalue weighted by Gasteiger charge is -2.12. The first-order valence-electron chi connectivity index (χ1n) is 8.42. The van der Waals surface area contributed by atoms with E-state index in [1.807, 2.05) is 35.7 Å². The van der Waals surface area contributed by atoms with Crippen LogP contribution in [0.5, 0.6) is 0 Å². The second-order valence-electron chi connectivity index (χ2n) is 5.73. The molecule has 0 aliphatic heterocycles. The van der Waals surface area contributed by atoms with Crippen LogP contribution >= 0.6 is 11.3 Å². The number of halogens is 1. The predicted octanol–water partition coefficient (Wildman–Crippen LogP) is 5.33. The Morgan fingerprint density at radius 3 is 2.36 bits per heavy atom. The van der Waals surface area contributed by atoms with Gasteiger partial charge in [0, 0.05) is 22.1 Å². The zero-order valence-electron chi connectivity index (χ0n) is 15.4. The summed E-state index contributed by atoms with van der Waals surface area (Å²) < 4.78 is 23.9. The molecule has 2 aromatic carbocycles. The topological polar surface area (TPSA) is 48.4 Å². The van der Waals surface area contributed by atoms with Crippen LogP contribution in [0, 0.1) is 0 Å². The van der Waals surface area contributed by atoms with Crippen molar-refractivity contribution in [3.8, 4) is 11.3 Å². The van der Waals surface area contributed by atoms with Crippen LogP contribution in [0.4, 0.5) is 4.39 Å². The Kier molecular flexibility index (Phi) is 6.34. The molecule has 0 N–H and O–H groups in total. The third-order valence-electron chi connectivity index (χ3n) is 4.06. The highest BCUT2D eigenvalue weighted by atomic mass is 32.1. The van der Waals surface area contributed by atoms with Gasteiger partial charge in [0.1, 0.15) is 10.6 Å². The molecule has 0 saturated heterocycles. The van der Waals surface area contributed by atoms with Crippen molar-refractivity contribution in [1.82, 2.24) is 4.98 Å². The maximum atomic E-state index is 14.0. The molecular formula is C22H18FNO3S. The second kappa shape index (κ2) is 9.10. The van der Waals surface area contributed by atoms with Gasteiger partial charge in [-0.25, -0.2) is 14.2 Å². The van der Waals surface area contributed by atoms with Crippen LogP contribution in [-0.4, -0.2) is 25.2 Å². The predicted molar refractivity (Wildman–Crippen MR) is 109 cm³/mol. The molecule has 0 aliphatic carbocycles. The van der Waals surface area contributed by atoms with Crippen molar-refractivity contribution < 1.29 is 18.7 Å². The second-order valence-corrected chi connectivity index (χ2v) is 6.59. The van der Waals surface area contributed by atoms with E-state index in [9.17, 15) is 9.18 Å². The van der Waals surface area contributed by atoms with Gasteiger partial charge in [-0.2, -0.15) is 0 Å². The smallest absolute Gasteiger partial charge is 0.341 e. The maximum absolute atomic E-state index is 14.0. The van der Waals surface area contributed by atoms with E-state index in [0.717, 1.165) is 11.3 Å². The van der Waals surface area contributed by atoms with Crippen LogP contribution in [0.1, 0.15) is 16.1 Å². The summed E-state index contributed by atoms with van der Waals surface area (Å²) in [4.78, 5) is 16.8. The highest BCUT2D eigenvalue weighted by molar-refractivity contribution is 7.11. The molecule has 6 heteroatoms. The van der Waals surface area contributed by atoms with Crippen LogP contribution in [0.3, 0.4) is 0 Å². The molecule has 1 aromatic heterocycles. The van der Waals surface area contributed by atoms with E-state index in [1.165, 1.54) is 31.8 Å². The number of nitrogens with zero attached hydrogens (tertiary/aromatic N) is 1. The number of methoxy groups -OCH3 is 2. The molecule has 0 radical (unpaired) electrons. The van der Waals surface area contributed by atoms with E-state index in [0.29, 0.717) is 22.5 Å². The molecule has 1 heterocycles. The molecule has 0 atom stereocenters. The van der Waals surface area contributed by atoms with Gasteiger partial charge >= 0.3 is 5.97 Å². The molecule has 0 saturated carbocycles. The largest absolute Gasteiger partial charge is 0.503 e. The van der Waals surface area contributed by atoms with Gasteiger partial charge in [-0.3, -0.25) is 0 Å². The van der Waals surface area contributed by atoms with E-state index in [2.05, 4.69) is 4.98 Å². The van der Waals surface area contributed by atoms with Crippen molar-refractivity contribution in [1.29, 1.82) is 0 Å². The normalized spacial score (nSPS) is 12.0. The van der Waals surface area contributed by atoms with E-state index in [4.69, 9.17) is 9.47 Å². The van der Waals surface area contributed by atoms with Gasteiger partial charge in [-0.15, -0.1) is 11.3 Å². The van der Waals surface area contributed by atoms with Crippen LogP contribution in [0.25, 0.3) is 22.4 Å². The SMILES string of the molecule is CO/C=C(\C(=O)OC)c1ccccc1/C(=C\F)c1nc(-c2ccccc2)cs1. The van der Waals surface area contributed by atoms with Crippen molar-refractivity contribution in [2.45, 2.75) is 0 Å². The monoisotopic (exact) mass is 395 g/mol. The van der Waals surface area contributed by atoms with E-state index < -0.39 is 5.97 Å². The molecule has 0 aliphatic rings. The molecule has 28 heavy (non-hydrogen) atoms. The first-order valence-corrected chi connectivity index (χ1v) is 9.30. The molecule has 3 aromatic rings. The number of rotatable bonds is 6. The summed E-state index contributed by atoms with van der Waals surface area (Å²) in [5, 5.41) is 2.39. The zero-order chi connectivity index (χ0) is 19.9. The lowest BCUT2D eigenvalue weighted by atomic mass is 9.95. The summed E-state index contributed by atoms with van der Waals surface area (Å²) >= 11 is 1.33. The number of ether oxygens (including phenoxy) is 2. The summed E-state index contributed by atoms with van der Waals surface area (Å²) in [5.74, 6) is -0.573. The third kappa shape index (κ3) is 4.02. The van der Waals surface area contributed by atoms with Crippen LogP contribution < -0.4 is 0 Å². The number of thiazole rings is 1. The number of benzene rings is 2. The fourth-order valence-corrected chi connectivity index (χ4v) is 3.61. The van der Waals surface area contributed by atoms with E-state index in [1.54, 1.807) is 24.3 Å². The quantitative estimate of drug-likeness (QED) is 0.322. The lowest BCUT2D eigenvalue weighted by molar-refractivity contribution is -0.133. The average molecular weight is 395 g/mol. The summed E-state index contributed by atoms with van der Waals surface area (Å²) in [6.45, 7) is 0. The standard InChI is InChI=1S/C22H18FNO3S/c1-26-13-19(22(25)27-2)17-11-7-6-10-16(17)18(12-23)21-24-20(14-28-21)15-8-4-3-5-9-15/h3-14H,1-2H3/b18-12+,19-13-. The Labute approximate surface area is 166 Å². The third-order valence-corrected chi connectivity index (χ3v) is 4.94. The molecule has 0 spiro atoms. The first-order chi connectivity index (χ1) is 13.7. The van der Waals surface area contributed by atoms with Gasteiger partial charge in [0.25, 0.3) is 0 Å². The van der Waals surface area contributed by atoms with Crippen LogP contribution in [0.15, 0.2) is 72.6 Å². The molecule has 0 fully saturated rings.